The van der Waals surface area contributed by atoms with Crippen LogP contribution >= 0.6 is 11.3 Å². The molecule has 0 bridgehead atoms. The third kappa shape index (κ3) is 3.85. The molecule has 1 aliphatic heterocycles. The van der Waals surface area contributed by atoms with Gasteiger partial charge in [0.05, 0.1) is 5.69 Å². The minimum Gasteiger partial charge on any atom is -0.396 e. The molecule has 0 aliphatic carbocycles. The predicted octanol–water partition coefficient (Wildman–Crippen LogP) is 1.77. The van der Waals surface area contributed by atoms with E-state index in [0.717, 1.165) is 30.8 Å². The van der Waals surface area contributed by atoms with Gasteiger partial charge in [-0.1, -0.05) is 0 Å². The third-order valence-electron chi connectivity index (χ3n) is 4.42. The highest BCUT2D eigenvalue weighted by Gasteiger charge is 2.31. The first-order valence-corrected chi connectivity index (χ1v) is 9.14. The van der Waals surface area contributed by atoms with Crippen LogP contribution in [-0.2, 0) is 0 Å². The Balaban J connectivity index is 1.73. The molecule has 2 aromatic rings. The second-order valence-electron chi connectivity index (χ2n) is 6.80. The van der Waals surface area contributed by atoms with Crippen LogP contribution < -0.4 is 0 Å². The number of piperidine rings is 1. The van der Waals surface area contributed by atoms with E-state index < -0.39 is 0 Å². The lowest BCUT2D eigenvalue weighted by molar-refractivity contribution is 0.0472. The standard InChI is InChI=1S/C17H24N4O2S/c1-20(2)7-12-5-13(10-22)9-21(8-12)17(23)16-6-15(18-19-16)14-3-4-24-11-14/h3-4,6,11-13,22H,5,7-10H2,1-2H3,(H,18,19)/t12-,13+/m1/s1. The maximum atomic E-state index is 12.8. The van der Waals surface area contributed by atoms with Crippen molar-refractivity contribution in [3.63, 3.8) is 0 Å². The number of carbonyl (C=O) groups is 1. The van der Waals surface area contributed by atoms with E-state index in [9.17, 15) is 9.90 Å². The first kappa shape index (κ1) is 17.1. The van der Waals surface area contributed by atoms with Crippen molar-refractivity contribution >= 4 is 17.2 Å². The lowest BCUT2D eigenvalue weighted by atomic mass is 9.89. The minimum atomic E-state index is -0.0362. The van der Waals surface area contributed by atoms with Crippen LogP contribution in [0.4, 0.5) is 0 Å². The molecule has 7 heteroatoms. The molecule has 2 atom stereocenters. The van der Waals surface area contributed by atoms with Gasteiger partial charge in [0, 0.05) is 37.2 Å². The number of hydrogen-bond acceptors (Lipinski definition) is 5. The van der Waals surface area contributed by atoms with Crippen molar-refractivity contribution in [3.05, 3.63) is 28.6 Å². The highest BCUT2D eigenvalue weighted by molar-refractivity contribution is 7.08. The Morgan fingerprint density at radius 2 is 2.25 bits per heavy atom. The number of amides is 1. The van der Waals surface area contributed by atoms with Gasteiger partial charge < -0.3 is 14.9 Å². The number of thiophene rings is 1. The number of hydrogen-bond donors (Lipinski definition) is 2. The summed E-state index contributed by atoms with van der Waals surface area (Å²) in [4.78, 5) is 16.8. The van der Waals surface area contributed by atoms with Gasteiger partial charge in [-0.15, -0.1) is 0 Å². The zero-order valence-corrected chi connectivity index (χ0v) is 14.9. The second kappa shape index (κ2) is 7.46. The zero-order valence-electron chi connectivity index (χ0n) is 14.1. The number of aromatic nitrogens is 2. The molecule has 24 heavy (non-hydrogen) atoms. The summed E-state index contributed by atoms with van der Waals surface area (Å²) in [6, 6.07) is 3.80. The van der Waals surface area contributed by atoms with Gasteiger partial charge in [-0.25, -0.2) is 0 Å². The van der Waals surface area contributed by atoms with Crippen LogP contribution in [0.3, 0.4) is 0 Å². The monoisotopic (exact) mass is 348 g/mol. The molecule has 1 fully saturated rings. The lowest BCUT2D eigenvalue weighted by Gasteiger charge is -2.38. The number of aromatic amines is 1. The average Bonchev–Trinajstić information content (AvgIpc) is 3.24. The third-order valence-corrected chi connectivity index (χ3v) is 5.10. The molecule has 3 rings (SSSR count). The largest absolute Gasteiger partial charge is 0.396 e. The molecular formula is C17H24N4O2S. The van der Waals surface area contributed by atoms with Crippen molar-refractivity contribution in [3.8, 4) is 11.3 Å². The average molecular weight is 348 g/mol. The van der Waals surface area contributed by atoms with E-state index in [-0.39, 0.29) is 18.4 Å². The Kier molecular flexibility index (Phi) is 5.33. The van der Waals surface area contributed by atoms with Gasteiger partial charge in [0.2, 0.25) is 0 Å². The summed E-state index contributed by atoms with van der Waals surface area (Å²) < 4.78 is 0. The first-order valence-electron chi connectivity index (χ1n) is 8.19. The SMILES string of the molecule is CN(C)C[C@H]1C[C@H](CO)CN(C(=O)c2cc(-c3ccsc3)n[nH]2)C1. The Bertz CT molecular complexity index is 668. The molecule has 0 radical (unpaired) electrons. The van der Waals surface area contributed by atoms with E-state index >= 15 is 0 Å². The molecule has 6 nitrogen and oxygen atoms in total. The fourth-order valence-corrected chi connectivity index (χ4v) is 4.07. The van der Waals surface area contributed by atoms with E-state index in [1.54, 1.807) is 11.3 Å². The van der Waals surface area contributed by atoms with Crippen LogP contribution in [-0.4, -0.2) is 71.3 Å². The Morgan fingerprint density at radius 1 is 1.46 bits per heavy atom. The smallest absolute Gasteiger partial charge is 0.271 e. The molecule has 1 saturated heterocycles. The zero-order chi connectivity index (χ0) is 17.1. The summed E-state index contributed by atoms with van der Waals surface area (Å²) in [5.74, 6) is 0.493. The second-order valence-corrected chi connectivity index (χ2v) is 7.58. The first-order chi connectivity index (χ1) is 11.6. The van der Waals surface area contributed by atoms with Gasteiger partial charge in [0.15, 0.2) is 0 Å². The van der Waals surface area contributed by atoms with Gasteiger partial charge in [-0.3, -0.25) is 9.89 Å². The highest BCUT2D eigenvalue weighted by Crippen LogP contribution is 2.25. The maximum absolute atomic E-state index is 12.8. The number of likely N-dealkylation sites (tertiary alicyclic amines) is 1. The summed E-state index contributed by atoms with van der Waals surface area (Å²) in [6.45, 7) is 2.37. The van der Waals surface area contributed by atoms with Crippen molar-refractivity contribution in [1.82, 2.24) is 20.0 Å². The number of carbonyl (C=O) groups excluding carboxylic acids is 1. The molecule has 130 valence electrons. The number of rotatable bonds is 5. The molecule has 0 unspecified atom stereocenters. The van der Waals surface area contributed by atoms with Crippen LogP contribution in [0.2, 0.25) is 0 Å². The number of H-pyrrole nitrogens is 1. The van der Waals surface area contributed by atoms with Crippen LogP contribution in [0.5, 0.6) is 0 Å². The molecule has 0 aromatic carbocycles. The molecule has 1 aliphatic rings. The summed E-state index contributed by atoms with van der Waals surface area (Å²) >= 11 is 1.61. The van der Waals surface area contributed by atoms with Crippen LogP contribution in [0, 0.1) is 11.8 Å². The Hall–Kier alpha value is -1.70. The molecule has 0 spiro atoms. The maximum Gasteiger partial charge on any atom is 0.271 e. The fourth-order valence-electron chi connectivity index (χ4n) is 3.42. The van der Waals surface area contributed by atoms with E-state index in [1.165, 1.54) is 0 Å². The summed E-state index contributed by atoms with van der Waals surface area (Å²) in [5, 5.41) is 20.7. The van der Waals surface area contributed by atoms with Gasteiger partial charge in [0.1, 0.15) is 5.69 Å². The molecule has 2 aromatic heterocycles. The van der Waals surface area contributed by atoms with E-state index in [0.29, 0.717) is 18.2 Å². The van der Waals surface area contributed by atoms with Gasteiger partial charge in [-0.2, -0.15) is 16.4 Å². The minimum absolute atomic E-state index is 0.0362. The van der Waals surface area contributed by atoms with E-state index in [4.69, 9.17) is 0 Å². The fraction of sp³-hybridized carbons (Fsp3) is 0.529. The normalized spacial score (nSPS) is 21.4. The molecule has 0 saturated carbocycles. The van der Waals surface area contributed by atoms with Crippen LogP contribution in [0.15, 0.2) is 22.9 Å². The predicted molar refractivity (Wildman–Crippen MR) is 95.0 cm³/mol. The number of nitrogens with zero attached hydrogens (tertiary/aromatic N) is 3. The quantitative estimate of drug-likeness (QED) is 0.864. The van der Waals surface area contributed by atoms with Crippen LogP contribution in [0.1, 0.15) is 16.9 Å². The molecule has 2 N–H and O–H groups in total. The number of aliphatic hydroxyl groups excluding tert-OH is 1. The number of aliphatic hydroxyl groups is 1. The summed E-state index contributed by atoms with van der Waals surface area (Å²) in [5.41, 5.74) is 2.33. The van der Waals surface area contributed by atoms with Crippen molar-refractivity contribution in [2.45, 2.75) is 6.42 Å². The van der Waals surface area contributed by atoms with E-state index in [1.807, 2.05) is 41.9 Å². The Labute approximate surface area is 146 Å². The molecular weight excluding hydrogens is 324 g/mol. The molecule has 1 amide bonds. The van der Waals surface area contributed by atoms with Gasteiger partial charge in [0.25, 0.3) is 5.91 Å². The number of nitrogens with one attached hydrogen (secondary N) is 1. The van der Waals surface area contributed by atoms with Crippen molar-refractivity contribution in [2.24, 2.45) is 11.8 Å². The van der Waals surface area contributed by atoms with Crippen molar-refractivity contribution in [1.29, 1.82) is 0 Å². The summed E-state index contributed by atoms with van der Waals surface area (Å²) in [7, 11) is 4.08. The van der Waals surface area contributed by atoms with Crippen LogP contribution in [0.25, 0.3) is 11.3 Å². The topological polar surface area (TPSA) is 72.5 Å². The van der Waals surface area contributed by atoms with E-state index in [2.05, 4.69) is 15.1 Å². The van der Waals surface area contributed by atoms with Gasteiger partial charge >= 0.3 is 0 Å². The summed E-state index contributed by atoms with van der Waals surface area (Å²) in [6.07, 6.45) is 0.960. The van der Waals surface area contributed by atoms with Crippen molar-refractivity contribution < 1.29 is 9.90 Å². The Morgan fingerprint density at radius 3 is 2.92 bits per heavy atom. The van der Waals surface area contributed by atoms with Gasteiger partial charge in [-0.05, 0) is 49.9 Å². The van der Waals surface area contributed by atoms with Crippen molar-refractivity contribution in [2.75, 3.05) is 40.3 Å². The molecule has 3 heterocycles. The highest BCUT2D eigenvalue weighted by atomic mass is 32.1. The lowest BCUT2D eigenvalue weighted by Crippen LogP contribution is -2.47.